The van der Waals surface area contributed by atoms with Crippen LogP contribution in [-0.2, 0) is 24.6 Å². The zero-order chi connectivity index (χ0) is 37.2. The average molecular weight is 774 g/mol. The number of carbonyl (C=O) groups excluding carboxylic acids is 2. The fourth-order valence-electron chi connectivity index (χ4n) is 3.63. The maximum absolute atomic E-state index is 12.5. The van der Waals surface area contributed by atoms with Crippen molar-refractivity contribution in [3.63, 3.8) is 0 Å². The summed E-state index contributed by atoms with van der Waals surface area (Å²) in [6.45, 7) is 1.35. The van der Waals surface area contributed by atoms with Gasteiger partial charge in [0.15, 0.2) is 14.9 Å². The van der Waals surface area contributed by atoms with Crippen molar-refractivity contribution >= 4 is 66.7 Å². The number of ether oxygens (including phenoxy) is 4. The van der Waals surface area contributed by atoms with Gasteiger partial charge >= 0.3 is 12.0 Å². The molecule has 0 aliphatic rings. The Bertz CT molecular complexity index is 2120. The Morgan fingerprint density at radius 1 is 0.940 bits per heavy atom. The van der Waals surface area contributed by atoms with Gasteiger partial charge in [0, 0.05) is 23.4 Å². The summed E-state index contributed by atoms with van der Waals surface area (Å²) < 4.78 is 70.7. The lowest BCUT2D eigenvalue weighted by Crippen LogP contribution is -2.36. The molecule has 0 spiro atoms. The van der Waals surface area contributed by atoms with Gasteiger partial charge in [0.1, 0.15) is 22.0 Å². The third-order valence-electron chi connectivity index (χ3n) is 5.95. The number of anilines is 1. The molecule has 2 N–H and O–H groups in total. The second kappa shape index (κ2) is 16.9. The van der Waals surface area contributed by atoms with Crippen LogP contribution in [0.3, 0.4) is 0 Å². The number of amides is 2. The molecule has 266 valence electrons. The van der Waals surface area contributed by atoms with Crippen LogP contribution in [0.1, 0.15) is 17.3 Å². The second-order valence-electron chi connectivity index (χ2n) is 9.15. The van der Waals surface area contributed by atoms with Gasteiger partial charge in [-0.05, 0) is 36.4 Å². The van der Waals surface area contributed by atoms with Gasteiger partial charge in [-0.1, -0.05) is 30.1 Å². The van der Waals surface area contributed by atoms with E-state index >= 15 is 0 Å². The molecule has 2 amide bonds. The standard InChI is InChI=1S/C14H9Cl2NO5.C14H17N5O7S2/c1-21-14(18)10-7-9(3-4-12(10)17(19)20)22-13-5-2-8(15)6-11(13)16;1-4-27(21,22)9-6-5-7-15-12(9)28(23,24)19-14(20)18-13-16-10(25-2)8-11(17-13)26-3/h2-7H,1H3;5-8H,4H2,1-3H3,(H2,16,17,18,19,20). The Labute approximate surface area is 294 Å². The zero-order valence-corrected chi connectivity index (χ0v) is 29.4. The van der Waals surface area contributed by atoms with E-state index in [0.717, 1.165) is 25.4 Å². The predicted molar refractivity (Wildman–Crippen MR) is 177 cm³/mol. The average Bonchev–Trinajstić information content (AvgIpc) is 3.08. The monoisotopic (exact) mass is 772 g/mol. The second-order valence-corrected chi connectivity index (χ2v) is 13.8. The molecule has 22 heteroatoms. The van der Waals surface area contributed by atoms with Crippen molar-refractivity contribution in [2.45, 2.75) is 16.8 Å². The first-order valence-electron chi connectivity index (χ1n) is 13.5. The Morgan fingerprint density at radius 2 is 1.60 bits per heavy atom. The van der Waals surface area contributed by atoms with Crippen molar-refractivity contribution in [3.05, 3.63) is 86.5 Å². The number of nitrogens with one attached hydrogen (secondary N) is 2. The summed E-state index contributed by atoms with van der Waals surface area (Å²) in [4.78, 5) is 44.7. The Morgan fingerprint density at radius 3 is 2.16 bits per heavy atom. The lowest BCUT2D eigenvalue weighted by molar-refractivity contribution is -0.385. The maximum Gasteiger partial charge on any atom is 0.345 e. The number of sulfonamides is 1. The van der Waals surface area contributed by atoms with Crippen molar-refractivity contribution in [1.29, 1.82) is 0 Å². The molecule has 2 aromatic heterocycles. The molecule has 0 radical (unpaired) electrons. The van der Waals surface area contributed by atoms with E-state index in [9.17, 15) is 36.5 Å². The molecular formula is C28H26Cl2N6O12S2. The van der Waals surface area contributed by atoms with Crippen molar-refractivity contribution < 1.29 is 50.3 Å². The number of sulfone groups is 1. The molecule has 4 aromatic rings. The van der Waals surface area contributed by atoms with E-state index in [1.165, 1.54) is 51.5 Å². The molecule has 2 heterocycles. The normalized spacial score (nSPS) is 10.9. The number of esters is 1. The summed E-state index contributed by atoms with van der Waals surface area (Å²) in [6, 6.07) is 10.8. The predicted octanol–water partition coefficient (Wildman–Crippen LogP) is 4.67. The van der Waals surface area contributed by atoms with Crippen LogP contribution in [0.15, 0.2) is 70.7 Å². The van der Waals surface area contributed by atoms with Crippen molar-refractivity contribution in [2.24, 2.45) is 0 Å². The maximum atomic E-state index is 12.5. The number of hydrogen-bond donors (Lipinski definition) is 2. The molecule has 0 aliphatic carbocycles. The number of benzene rings is 2. The van der Waals surface area contributed by atoms with Gasteiger partial charge in [-0.3, -0.25) is 15.4 Å². The molecule has 0 saturated heterocycles. The Hall–Kier alpha value is -5.31. The van der Waals surface area contributed by atoms with E-state index < -0.39 is 46.7 Å². The van der Waals surface area contributed by atoms with Gasteiger partial charge in [-0.25, -0.2) is 27.7 Å². The highest BCUT2D eigenvalue weighted by Gasteiger charge is 2.29. The summed E-state index contributed by atoms with van der Waals surface area (Å²) in [7, 11) is -4.71. The molecule has 50 heavy (non-hydrogen) atoms. The topological polar surface area (TPSA) is 245 Å². The van der Waals surface area contributed by atoms with Gasteiger partial charge in [0.2, 0.25) is 17.7 Å². The fraction of sp³-hybridized carbons (Fsp3) is 0.179. The first-order valence-corrected chi connectivity index (χ1v) is 17.4. The summed E-state index contributed by atoms with van der Waals surface area (Å²) >= 11 is 11.8. The number of rotatable bonds is 11. The van der Waals surface area contributed by atoms with Gasteiger partial charge in [0.25, 0.3) is 15.7 Å². The minimum Gasteiger partial charge on any atom is -0.481 e. The SMILES string of the molecule is CCS(=O)(=O)c1cccnc1S(=O)(=O)NC(=O)Nc1nc(OC)cc(OC)n1.COC(=O)c1cc(Oc2ccc(Cl)cc2Cl)ccc1[N+](=O)[O-]. The van der Waals surface area contributed by atoms with E-state index in [1.54, 1.807) is 16.9 Å². The molecule has 0 atom stereocenters. The van der Waals surface area contributed by atoms with Crippen LogP contribution in [0.2, 0.25) is 10.0 Å². The van der Waals surface area contributed by atoms with Crippen molar-refractivity contribution in [1.82, 2.24) is 19.7 Å². The van der Waals surface area contributed by atoms with Crippen molar-refractivity contribution in [2.75, 3.05) is 32.4 Å². The molecular weight excluding hydrogens is 747 g/mol. The Kier molecular flexibility index (Phi) is 13.2. The van der Waals surface area contributed by atoms with Gasteiger partial charge in [0.05, 0.1) is 43.1 Å². The smallest absolute Gasteiger partial charge is 0.345 e. The van der Waals surface area contributed by atoms with Crippen LogP contribution in [0.5, 0.6) is 23.3 Å². The third kappa shape index (κ3) is 10.1. The first kappa shape index (κ1) is 39.1. The molecule has 0 saturated carbocycles. The molecule has 0 fully saturated rings. The number of urea groups is 1. The van der Waals surface area contributed by atoms with E-state index in [4.69, 9.17) is 37.4 Å². The fourth-order valence-corrected chi connectivity index (χ4v) is 6.63. The summed E-state index contributed by atoms with van der Waals surface area (Å²) in [5, 5.41) is 12.9. The number of halogens is 2. The van der Waals surface area contributed by atoms with Crippen LogP contribution >= 0.6 is 23.2 Å². The van der Waals surface area contributed by atoms with E-state index in [1.807, 2.05) is 0 Å². The van der Waals surface area contributed by atoms with Crippen LogP contribution in [0.4, 0.5) is 16.4 Å². The van der Waals surface area contributed by atoms with Crippen LogP contribution in [0.25, 0.3) is 0 Å². The van der Waals surface area contributed by atoms with Gasteiger partial charge in [-0.2, -0.15) is 18.4 Å². The highest BCUT2D eigenvalue weighted by atomic mass is 35.5. The van der Waals surface area contributed by atoms with Gasteiger partial charge in [-0.15, -0.1) is 0 Å². The van der Waals surface area contributed by atoms with Crippen LogP contribution in [0, 0.1) is 10.1 Å². The number of hydrogen-bond acceptors (Lipinski definition) is 15. The van der Waals surface area contributed by atoms with Crippen molar-refractivity contribution in [3.8, 4) is 23.3 Å². The van der Waals surface area contributed by atoms with Gasteiger partial charge < -0.3 is 18.9 Å². The largest absolute Gasteiger partial charge is 0.481 e. The molecule has 0 unspecified atom stereocenters. The molecule has 0 aliphatic heterocycles. The zero-order valence-electron chi connectivity index (χ0n) is 26.2. The van der Waals surface area contributed by atoms with E-state index in [-0.39, 0.29) is 45.5 Å². The minimum absolute atomic E-state index is 0.0612. The highest BCUT2D eigenvalue weighted by molar-refractivity contribution is 7.93. The summed E-state index contributed by atoms with van der Waals surface area (Å²) in [5.41, 5.74) is -0.587. The summed E-state index contributed by atoms with van der Waals surface area (Å²) in [6.07, 6.45) is 1.09. The number of carbonyl (C=O) groups is 2. The number of nitro benzene ring substituents is 1. The number of methoxy groups -OCH3 is 3. The minimum atomic E-state index is -4.61. The van der Waals surface area contributed by atoms with E-state index in [2.05, 4.69) is 25.0 Å². The number of pyridine rings is 1. The first-order chi connectivity index (χ1) is 23.5. The molecule has 2 aromatic carbocycles. The molecule has 18 nitrogen and oxygen atoms in total. The highest BCUT2D eigenvalue weighted by Crippen LogP contribution is 2.33. The van der Waals surface area contributed by atoms with E-state index in [0.29, 0.717) is 10.8 Å². The Balaban J connectivity index is 0.000000278. The third-order valence-corrected chi connectivity index (χ3v) is 9.66. The van der Waals surface area contributed by atoms with Crippen LogP contribution < -0.4 is 24.2 Å². The molecule has 0 bridgehead atoms. The van der Waals surface area contributed by atoms with Crippen LogP contribution in [-0.4, -0.2) is 75.8 Å². The quantitative estimate of drug-likeness (QED) is 0.119. The lowest BCUT2D eigenvalue weighted by atomic mass is 10.1. The number of nitrogens with zero attached hydrogens (tertiary/aromatic N) is 4. The lowest BCUT2D eigenvalue weighted by Gasteiger charge is -2.11. The summed E-state index contributed by atoms with van der Waals surface area (Å²) in [5.74, 6) is -0.848. The number of nitro groups is 1. The number of aromatic nitrogens is 3. The molecule has 4 rings (SSSR count).